The summed E-state index contributed by atoms with van der Waals surface area (Å²) >= 11 is 0. The molecule has 2 N–H and O–H groups in total. The van der Waals surface area contributed by atoms with Crippen LogP contribution in [-0.2, 0) is 0 Å². The van der Waals surface area contributed by atoms with E-state index >= 15 is 0 Å². The number of nitrogens with one attached hydrogen (secondary N) is 1. The second-order valence-electron chi connectivity index (χ2n) is 6.18. The van der Waals surface area contributed by atoms with Gasteiger partial charge in [0.05, 0.1) is 7.11 Å². The van der Waals surface area contributed by atoms with E-state index in [4.69, 9.17) is 4.74 Å². The van der Waals surface area contributed by atoms with E-state index in [1.807, 2.05) is 6.07 Å². The van der Waals surface area contributed by atoms with E-state index in [0.29, 0.717) is 17.8 Å². The Morgan fingerprint density at radius 1 is 1.38 bits per heavy atom. The van der Waals surface area contributed by atoms with Crippen LogP contribution < -0.4 is 10.1 Å². The van der Waals surface area contributed by atoms with Gasteiger partial charge in [0.2, 0.25) is 0 Å². The monoisotopic (exact) mass is 292 g/mol. The van der Waals surface area contributed by atoms with Crippen molar-refractivity contribution in [2.75, 3.05) is 20.2 Å². The number of phenols is 1. The van der Waals surface area contributed by atoms with Crippen LogP contribution in [0.4, 0.5) is 0 Å². The molecule has 0 radical (unpaired) electrons. The van der Waals surface area contributed by atoms with Gasteiger partial charge in [-0.05, 0) is 58.4 Å². The maximum Gasteiger partial charge on any atom is 0.120 e. The van der Waals surface area contributed by atoms with E-state index in [1.165, 1.54) is 12.8 Å². The van der Waals surface area contributed by atoms with Gasteiger partial charge in [0.1, 0.15) is 11.5 Å². The molecule has 0 amide bonds. The second kappa shape index (κ2) is 7.14. The first kappa shape index (κ1) is 16.1. The van der Waals surface area contributed by atoms with Gasteiger partial charge < -0.3 is 15.2 Å². The summed E-state index contributed by atoms with van der Waals surface area (Å²) in [5, 5.41) is 13.8. The molecule has 21 heavy (non-hydrogen) atoms. The zero-order valence-corrected chi connectivity index (χ0v) is 13.6. The minimum absolute atomic E-state index is 0.155. The van der Waals surface area contributed by atoms with Crippen LogP contribution >= 0.6 is 0 Å². The molecule has 0 bridgehead atoms. The van der Waals surface area contributed by atoms with Gasteiger partial charge in [0.25, 0.3) is 0 Å². The fourth-order valence-electron chi connectivity index (χ4n) is 3.16. The normalized spacial score (nSPS) is 20.2. The fourth-order valence-corrected chi connectivity index (χ4v) is 3.16. The highest BCUT2D eigenvalue weighted by atomic mass is 16.5. The smallest absolute Gasteiger partial charge is 0.120 e. The maximum atomic E-state index is 10.2. The lowest BCUT2D eigenvalue weighted by atomic mass is 10.0. The molecule has 118 valence electrons. The van der Waals surface area contributed by atoms with Crippen molar-refractivity contribution in [3.8, 4) is 11.5 Å². The first-order valence-corrected chi connectivity index (χ1v) is 7.89. The van der Waals surface area contributed by atoms with Gasteiger partial charge in [-0.3, -0.25) is 4.90 Å². The molecular formula is C17H28N2O2. The SMILES string of the molecule is COc1ccc(O)c(C(C)N(CC2CCCN2)C(C)C)c1. The number of rotatable bonds is 6. The Morgan fingerprint density at radius 2 is 2.14 bits per heavy atom. The number of nitrogens with zero attached hydrogens (tertiary/aromatic N) is 1. The molecule has 2 rings (SSSR count). The molecule has 1 aromatic carbocycles. The summed E-state index contributed by atoms with van der Waals surface area (Å²) in [5.74, 6) is 1.13. The molecule has 4 nitrogen and oxygen atoms in total. The van der Waals surface area contributed by atoms with Crippen LogP contribution in [0.2, 0.25) is 0 Å². The number of ether oxygens (including phenoxy) is 1. The number of benzene rings is 1. The van der Waals surface area contributed by atoms with Crippen LogP contribution in [0.1, 0.15) is 45.2 Å². The molecule has 0 aromatic heterocycles. The van der Waals surface area contributed by atoms with Crippen molar-refractivity contribution >= 4 is 0 Å². The first-order chi connectivity index (χ1) is 10.0. The van der Waals surface area contributed by atoms with Crippen molar-refractivity contribution in [3.05, 3.63) is 23.8 Å². The summed E-state index contributed by atoms with van der Waals surface area (Å²) in [7, 11) is 1.66. The zero-order valence-electron chi connectivity index (χ0n) is 13.6. The van der Waals surface area contributed by atoms with E-state index < -0.39 is 0 Å². The summed E-state index contributed by atoms with van der Waals surface area (Å²) in [6.07, 6.45) is 2.50. The number of aromatic hydroxyl groups is 1. The van der Waals surface area contributed by atoms with Gasteiger partial charge in [-0.2, -0.15) is 0 Å². The summed E-state index contributed by atoms with van der Waals surface area (Å²) < 4.78 is 5.29. The van der Waals surface area contributed by atoms with Crippen molar-refractivity contribution < 1.29 is 9.84 Å². The van der Waals surface area contributed by atoms with Crippen molar-refractivity contribution in [1.29, 1.82) is 0 Å². The van der Waals surface area contributed by atoms with E-state index in [2.05, 4.69) is 31.0 Å². The lowest BCUT2D eigenvalue weighted by Crippen LogP contribution is -2.42. The standard InChI is InChI=1S/C17H28N2O2/c1-12(2)19(11-14-6-5-9-18-14)13(3)16-10-15(21-4)7-8-17(16)20/h7-8,10,12-14,18,20H,5-6,9,11H2,1-4H3. The molecule has 2 atom stereocenters. The van der Waals surface area contributed by atoms with E-state index in [1.54, 1.807) is 19.2 Å². The average molecular weight is 292 g/mol. The maximum absolute atomic E-state index is 10.2. The van der Waals surface area contributed by atoms with Crippen LogP contribution in [0.15, 0.2) is 18.2 Å². The van der Waals surface area contributed by atoms with Crippen molar-refractivity contribution in [2.24, 2.45) is 0 Å². The second-order valence-corrected chi connectivity index (χ2v) is 6.18. The molecule has 1 heterocycles. The Bertz CT molecular complexity index is 456. The molecule has 0 aliphatic carbocycles. The molecule has 1 fully saturated rings. The lowest BCUT2D eigenvalue weighted by molar-refractivity contribution is 0.147. The van der Waals surface area contributed by atoms with E-state index in [-0.39, 0.29) is 6.04 Å². The van der Waals surface area contributed by atoms with E-state index in [9.17, 15) is 5.11 Å². The summed E-state index contributed by atoms with van der Waals surface area (Å²) in [5.41, 5.74) is 0.932. The Morgan fingerprint density at radius 3 is 2.71 bits per heavy atom. The third-order valence-corrected chi connectivity index (χ3v) is 4.44. The summed E-state index contributed by atoms with van der Waals surface area (Å²) in [6.45, 7) is 8.71. The van der Waals surface area contributed by atoms with Gasteiger partial charge >= 0.3 is 0 Å². The van der Waals surface area contributed by atoms with Crippen LogP contribution in [-0.4, -0.2) is 42.3 Å². The molecule has 1 aliphatic heterocycles. The number of methoxy groups -OCH3 is 1. The topological polar surface area (TPSA) is 44.7 Å². The third-order valence-electron chi connectivity index (χ3n) is 4.44. The average Bonchev–Trinajstić information content (AvgIpc) is 2.97. The van der Waals surface area contributed by atoms with E-state index in [0.717, 1.165) is 24.4 Å². The van der Waals surface area contributed by atoms with Crippen molar-refractivity contribution in [2.45, 2.75) is 51.7 Å². The Balaban J connectivity index is 2.18. The minimum atomic E-state index is 0.155. The Hall–Kier alpha value is -1.26. The quantitative estimate of drug-likeness (QED) is 0.846. The molecule has 1 aromatic rings. The molecule has 2 unspecified atom stereocenters. The highest BCUT2D eigenvalue weighted by molar-refractivity contribution is 5.41. The van der Waals surface area contributed by atoms with Crippen LogP contribution in [0.25, 0.3) is 0 Å². The van der Waals surface area contributed by atoms with Gasteiger partial charge in [-0.15, -0.1) is 0 Å². The highest BCUT2D eigenvalue weighted by Crippen LogP contribution is 2.33. The van der Waals surface area contributed by atoms with Gasteiger partial charge in [-0.1, -0.05) is 0 Å². The lowest BCUT2D eigenvalue weighted by Gasteiger charge is -2.35. The molecule has 0 saturated carbocycles. The van der Waals surface area contributed by atoms with Gasteiger partial charge in [0.15, 0.2) is 0 Å². The molecule has 1 saturated heterocycles. The number of hydrogen-bond acceptors (Lipinski definition) is 4. The predicted molar refractivity (Wildman–Crippen MR) is 85.9 cm³/mol. The van der Waals surface area contributed by atoms with Gasteiger partial charge in [-0.25, -0.2) is 0 Å². The zero-order chi connectivity index (χ0) is 15.4. The first-order valence-electron chi connectivity index (χ1n) is 7.89. The predicted octanol–water partition coefficient (Wildman–Crippen LogP) is 2.92. The van der Waals surface area contributed by atoms with Crippen LogP contribution in [0, 0.1) is 0 Å². The van der Waals surface area contributed by atoms with Crippen molar-refractivity contribution in [3.63, 3.8) is 0 Å². The number of phenolic OH excluding ortho intramolecular Hbond substituents is 1. The largest absolute Gasteiger partial charge is 0.508 e. The Kier molecular flexibility index (Phi) is 5.48. The fraction of sp³-hybridized carbons (Fsp3) is 0.647. The van der Waals surface area contributed by atoms with Crippen LogP contribution in [0.3, 0.4) is 0 Å². The van der Waals surface area contributed by atoms with Crippen molar-refractivity contribution in [1.82, 2.24) is 10.2 Å². The third kappa shape index (κ3) is 3.89. The summed E-state index contributed by atoms with van der Waals surface area (Å²) in [6, 6.07) is 6.59. The summed E-state index contributed by atoms with van der Waals surface area (Å²) in [4.78, 5) is 2.44. The molecule has 1 aliphatic rings. The molecule has 0 spiro atoms. The van der Waals surface area contributed by atoms with Gasteiger partial charge in [0, 0.05) is 30.2 Å². The minimum Gasteiger partial charge on any atom is -0.508 e. The van der Waals surface area contributed by atoms with Crippen LogP contribution in [0.5, 0.6) is 11.5 Å². The molecular weight excluding hydrogens is 264 g/mol. The molecule has 4 heteroatoms. The highest BCUT2D eigenvalue weighted by Gasteiger charge is 2.26. The Labute approximate surface area is 128 Å². The number of hydrogen-bond donors (Lipinski definition) is 2.